The number of anilines is 1. The zero-order valence-corrected chi connectivity index (χ0v) is 16.8. The van der Waals surface area contributed by atoms with E-state index in [1.54, 1.807) is 35.8 Å². The summed E-state index contributed by atoms with van der Waals surface area (Å²) in [5, 5.41) is 11.5. The lowest BCUT2D eigenvalue weighted by molar-refractivity contribution is -0.123. The van der Waals surface area contributed by atoms with Crippen molar-refractivity contribution >= 4 is 28.6 Å². The largest absolute Gasteiger partial charge is 0.449 e. The molecule has 0 aliphatic carbocycles. The summed E-state index contributed by atoms with van der Waals surface area (Å²) in [6.07, 6.45) is -1.06. The van der Waals surface area contributed by atoms with E-state index in [-0.39, 0.29) is 11.1 Å². The minimum atomic E-state index is -1.06. The number of aryl methyl sites for hydroxylation is 2. The van der Waals surface area contributed by atoms with Gasteiger partial charge >= 0.3 is 5.97 Å². The van der Waals surface area contributed by atoms with Crippen molar-refractivity contribution in [3.05, 3.63) is 69.6 Å². The molecule has 0 bridgehead atoms. The Morgan fingerprint density at radius 1 is 1.27 bits per heavy atom. The maximum Gasteiger partial charge on any atom is 0.338 e. The Bertz CT molecular complexity index is 1240. The molecule has 1 N–H and O–H groups in total. The quantitative estimate of drug-likeness (QED) is 0.654. The summed E-state index contributed by atoms with van der Waals surface area (Å²) in [6.45, 7) is 5.41. The third-order valence-corrected chi connectivity index (χ3v) is 4.57. The number of carbonyl (C=O) groups is 2. The van der Waals surface area contributed by atoms with Gasteiger partial charge in [0.05, 0.1) is 28.2 Å². The summed E-state index contributed by atoms with van der Waals surface area (Å²) in [5.74, 6) is -1.20. The van der Waals surface area contributed by atoms with Gasteiger partial charge in [0.25, 0.3) is 11.5 Å². The SMILES string of the molecule is CCn1c(=O)c(C)nc2cc(C(=O)O[C@@H](C)C(=O)Nc3cccc(C#N)c3)ccc21. The highest BCUT2D eigenvalue weighted by Gasteiger charge is 2.20. The lowest BCUT2D eigenvalue weighted by Crippen LogP contribution is -2.30. The number of carbonyl (C=O) groups excluding carboxylic acids is 2. The summed E-state index contributed by atoms with van der Waals surface area (Å²) in [6, 6.07) is 13.1. The van der Waals surface area contributed by atoms with Gasteiger partial charge in [0.15, 0.2) is 6.10 Å². The van der Waals surface area contributed by atoms with Gasteiger partial charge in [0.1, 0.15) is 5.69 Å². The van der Waals surface area contributed by atoms with E-state index in [0.29, 0.717) is 34.5 Å². The Labute approximate surface area is 172 Å². The average Bonchev–Trinajstić information content (AvgIpc) is 2.74. The smallest absolute Gasteiger partial charge is 0.338 e. The molecule has 152 valence electrons. The molecule has 0 aliphatic rings. The number of hydrogen-bond donors (Lipinski definition) is 1. The summed E-state index contributed by atoms with van der Waals surface area (Å²) in [5.41, 5.74) is 2.34. The molecule has 0 unspecified atom stereocenters. The number of rotatable bonds is 5. The van der Waals surface area contributed by atoms with Crippen LogP contribution in [-0.2, 0) is 16.1 Å². The predicted octanol–water partition coefficient (Wildman–Crippen LogP) is 2.78. The van der Waals surface area contributed by atoms with Gasteiger partial charge in [-0.1, -0.05) is 6.07 Å². The van der Waals surface area contributed by atoms with Gasteiger partial charge in [-0.15, -0.1) is 0 Å². The molecule has 1 amide bonds. The fraction of sp³-hybridized carbons (Fsp3) is 0.227. The Kier molecular flexibility index (Phi) is 5.93. The number of ether oxygens (including phenoxy) is 1. The Hall–Kier alpha value is -3.99. The number of aromatic nitrogens is 2. The maximum atomic E-state index is 12.5. The minimum absolute atomic E-state index is 0.175. The number of esters is 1. The third kappa shape index (κ3) is 4.20. The lowest BCUT2D eigenvalue weighted by atomic mass is 10.2. The van der Waals surface area contributed by atoms with Crippen molar-refractivity contribution in [1.82, 2.24) is 9.55 Å². The second kappa shape index (κ2) is 8.57. The van der Waals surface area contributed by atoms with Crippen LogP contribution in [0.1, 0.15) is 35.5 Å². The van der Waals surface area contributed by atoms with Crippen LogP contribution in [0.25, 0.3) is 11.0 Å². The number of benzene rings is 2. The van der Waals surface area contributed by atoms with Gasteiger partial charge in [0.2, 0.25) is 0 Å². The molecular weight excluding hydrogens is 384 g/mol. The van der Waals surface area contributed by atoms with E-state index in [4.69, 9.17) is 10.00 Å². The summed E-state index contributed by atoms with van der Waals surface area (Å²) in [4.78, 5) is 41.3. The van der Waals surface area contributed by atoms with E-state index in [1.807, 2.05) is 13.0 Å². The maximum absolute atomic E-state index is 12.5. The zero-order valence-electron chi connectivity index (χ0n) is 16.8. The molecule has 0 aliphatic heterocycles. The molecule has 1 aromatic heterocycles. The molecule has 0 saturated heterocycles. The van der Waals surface area contributed by atoms with Crippen molar-refractivity contribution in [3.8, 4) is 6.07 Å². The number of fused-ring (bicyclic) bond motifs is 1. The Balaban J connectivity index is 1.77. The third-order valence-electron chi connectivity index (χ3n) is 4.57. The topological polar surface area (TPSA) is 114 Å². The molecule has 0 saturated carbocycles. The van der Waals surface area contributed by atoms with Crippen molar-refractivity contribution in [2.45, 2.75) is 33.4 Å². The normalized spacial score (nSPS) is 11.5. The van der Waals surface area contributed by atoms with Crippen LogP contribution in [0.2, 0.25) is 0 Å². The average molecular weight is 404 g/mol. The molecule has 0 spiro atoms. The summed E-state index contributed by atoms with van der Waals surface area (Å²) in [7, 11) is 0. The number of nitrogens with one attached hydrogen (secondary N) is 1. The fourth-order valence-electron chi connectivity index (χ4n) is 3.01. The van der Waals surface area contributed by atoms with Gasteiger partial charge in [-0.25, -0.2) is 9.78 Å². The molecule has 1 heterocycles. The highest BCUT2D eigenvalue weighted by Crippen LogP contribution is 2.16. The molecule has 1 atom stereocenters. The van der Waals surface area contributed by atoms with Gasteiger partial charge in [0, 0.05) is 12.2 Å². The predicted molar refractivity (Wildman–Crippen MR) is 111 cm³/mol. The minimum Gasteiger partial charge on any atom is -0.449 e. The molecule has 3 aromatic rings. The highest BCUT2D eigenvalue weighted by atomic mass is 16.5. The van der Waals surface area contributed by atoms with Gasteiger partial charge in [-0.3, -0.25) is 9.59 Å². The van der Waals surface area contributed by atoms with E-state index in [2.05, 4.69) is 10.3 Å². The van der Waals surface area contributed by atoms with Crippen molar-refractivity contribution in [2.24, 2.45) is 0 Å². The molecule has 30 heavy (non-hydrogen) atoms. The van der Waals surface area contributed by atoms with Crippen molar-refractivity contribution in [2.75, 3.05) is 5.32 Å². The number of nitrogens with zero attached hydrogens (tertiary/aromatic N) is 3. The van der Waals surface area contributed by atoms with E-state index >= 15 is 0 Å². The van der Waals surface area contributed by atoms with Gasteiger partial charge in [-0.2, -0.15) is 5.26 Å². The van der Waals surface area contributed by atoms with Gasteiger partial charge < -0.3 is 14.6 Å². The van der Waals surface area contributed by atoms with E-state index in [1.165, 1.54) is 25.1 Å². The molecule has 8 nitrogen and oxygen atoms in total. The first-order chi connectivity index (χ1) is 14.3. The lowest BCUT2D eigenvalue weighted by Gasteiger charge is -2.14. The summed E-state index contributed by atoms with van der Waals surface area (Å²) >= 11 is 0. The molecule has 2 aromatic carbocycles. The molecule has 8 heteroatoms. The van der Waals surface area contributed by atoms with E-state index in [9.17, 15) is 14.4 Å². The highest BCUT2D eigenvalue weighted by molar-refractivity contribution is 5.98. The number of nitriles is 1. The standard InChI is InChI=1S/C22H20N4O4/c1-4-26-19-9-8-16(11-18(19)24-13(2)21(26)28)22(29)30-14(3)20(27)25-17-7-5-6-15(10-17)12-23/h5-11,14H,4H2,1-3H3,(H,25,27)/t14-/m0/s1. The van der Waals surface area contributed by atoms with Crippen LogP contribution in [0.15, 0.2) is 47.3 Å². The first-order valence-electron chi connectivity index (χ1n) is 9.37. The van der Waals surface area contributed by atoms with Crippen molar-refractivity contribution in [1.29, 1.82) is 5.26 Å². The monoisotopic (exact) mass is 404 g/mol. The van der Waals surface area contributed by atoms with Crippen LogP contribution in [0.5, 0.6) is 0 Å². The number of hydrogen-bond acceptors (Lipinski definition) is 6. The molecule has 0 radical (unpaired) electrons. The second-order valence-corrected chi connectivity index (χ2v) is 6.68. The van der Waals surface area contributed by atoms with Crippen LogP contribution in [0.3, 0.4) is 0 Å². The Morgan fingerprint density at radius 2 is 2.03 bits per heavy atom. The number of amides is 1. The van der Waals surface area contributed by atoms with Crippen LogP contribution in [0, 0.1) is 18.3 Å². The molecule has 3 rings (SSSR count). The molecule has 0 fully saturated rings. The van der Waals surface area contributed by atoms with E-state index in [0.717, 1.165) is 0 Å². The first-order valence-corrected chi connectivity index (χ1v) is 9.37. The zero-order chi connectivity index (χ0) is 21.8. The second-order valence-electron chi connectivity index (χ2n) is 6.68. The van der Waals surface area contributed by atoms with E-state index < -0.39 is 18.0 Å². The van der Waals surface area contributed by atoms with Crippen molar-refractivity contribution < 1.29 is 14.3 Å². The first kappa shape index (κ1) is 20.7. The van der Waals surface area contributed by atoms with Crippen LogP contribution < -0.4 is 10.9 Å². The van der Waals surface area contributed by atoms with Crippen LogP contribution in [-0.4, -0.2) is 27.5 Å². The fourth-order valence-corrected chi connectivity index (χ4v) is 3.01. The van der Waals surface area contributed by atoms with Crippen molar-refractivity contribution in [3.63, 3.8) is 0 Å². The molecular formula is C22H20N4O4. The van der Waals surface area contributed by atoms with Crippen LogP contribution >= 0.6 is 0 Å². The Morgan fingerprint density at radius 3 is 2.73 bits per heavy atom. The van der Waals surface area contributed by atoms with Gasteiger partial charge in [-0.05, 0) is 57.2 Å². The van der Waals surface area contributed by atoms with Crippen LogP contribution in [0.4, 0.5) is 5.69 Å². The summed E-state index contributed by atoms with van der Waals surface area (Å²) < 4.78 is 6.86.